The second kappa shape index (κ2) is 12.7. The zero-order valence-corrected chi connectivity index (χ0v) is 18.8. The molecule has 0 aromatic carbocycles. The van der Waals surface area contributed by atoms with E-state index >= 15 is 0 Å². The van der Waals surface area contributed by atoms with Crippen LogP contribution in [0.5, 0.6) is 5.88 Å². The average Bonchev–Trinajstić information content (AvgIpc) is 2.68. The summed E-state index contributed by atoms with van der Waals surface area (Å²) in [4.78, 5) is 22.9. The smallest absolute Gasteiger partial charge is 0.310 e. The van der Waals surface area contributed by atoms with Crippen molar-refractivity contribution in [2.45, 2.75) is 39.7 Å². The van der Waals surface area contributed by atoms with Crippen molar-refractivity contribution in [3.63, 3.8) is 0 Å². The molecule has 2 rings (SSSR count). The second-order valence-corrected chi connectivity index (χ2v) is 6.25. The van der Waals surface area contributed by atoms with E-state index in [1.807, 2.05) is 19.1 Å². The van der Waals surface area contributed by atoms with Crippen LogP contribution in [0.25, 0.3) is 0 Å². The summed E-state index contributed by atoms with van der Waals surface area (Å²) < 4.78 is 10.9. The summed E-state index contributed by atoms with van der Waals surface area (Å²) in [5.41, 5.74) is 0.987. The maximum Gasteiger partial charge on any atom is 0.310 e. The fraction of sp³-hybridized carbons (Fsp3) is 0.632. The first-order valence-electron chi connectivity index (χ1n) is 9.38. The number of carbonyl (C=O) groups excluding carboxylic acids is 1. The molecule has 152 valence electrons. The van der Waals surface area contributed by atoms with Gasteiger partial charge in [0.1, 0.15) is 0 Å². The van der Waals surface area contributed by atoms with Crippen molar-refractivity contribution in [3.05, 3.63) is 23.9 Å². The topological polar surface area (TPSA) is 76.0 Å². The normalized spacial score (nSPS) is 17.1. The molecule has 1 aromatic rings. The highest BCUT2D eigenvalue weighted by Crippen LogP contribution is 2.19. The number of nitrogens with zero attached hydrogens (tertiary/aromatic N) is 3. The minimum atomic E-state index is -0.116. The van der Waals surface area contributed by atoms with Gasteiger partial charge >= 0.3 is 5.97 Å². The number of esters is 1. The minimum Gasteiger partial charge on any atom is -0.477 e. The Hall–Kier alpha value is -1.58. The van der Waals surface area contributed by atoms with Crippen molar-refractivity contribution in [1.82, 2.24) is 15.2 Å². The zero-order chi connectivity index (χ0) is 18.8. The molecule has 1 aliphatic rings. The van der Waals surface area contributed by atoms with E-state index in [1.165, 1.54) is 0 Å². The number of rotatable bonds is 7. The fourth-order valence-electron chi connectivity index (χ4n) is 3.02. The van der Waals surface area contributed by atoms with Gasteiger partial charge in [-0.05, 0) is 32.3 Å². The standard InChI is InChI=1S/C19H30N4O3.HI/c1-4-12-26-17-15(8-6-10-21-17)13-22-19(20-3)23-11-7-9-16(14-23)18(24)25-5-2;/h6,8,10,16H,4-5,7,9,11-14H2,1-3H3,(H,20,22);1H. The molecule has 7 nitrogen and oxygen atoms in total. The third kappa shape index (κ3) is 7.15. The summed E-state index contributed by atoms with van der Waals surface area (Å²) in [7, 11) is 1.76. The number of hydrogen-bond donors (Lipinski definition) is 1. The summed E-state index contributed by atoms with van der Waals surface area (Å²) in [6.07, 6.45) is 4.48. The molecule has 1 unspecified atom stereocenters. The van der Waals surface area contributed by atoms with E-state index < -0.39 is 0 Å². The first-order valence-corrected chi connectivity index (χ1v) is 9.38. The molecule has 1 aromatic heterocycles. The highest BCUT2D eigenvalue weighted by molar-refractivity contribution is 14.0. The van der Waals surface area contributed by atoms with Crippen LogP contribution in [0.1, 0.15) is 38.7 Å². The largest absolute Gasteiger partial charge is 0.477 e. The lowest BCUT2D eigenvalue weighted by Gasteiger charge is -2.34. The van der Waals surface area contributed by atoms with Gasteiger partial charge in [-0.3, -0.25) is 9.79 Å². The number of pyridine rings is 1. The lowest BCUT2D eigenvalue weighted by molar-refractivity contribution is -0.149. The molecule has 1 aliphatic heterocycles. The van der Waals surface area contributed by atoms with Gasteiger partial charge in [-0.15, -0.1) is 24.0 Å². The molecule has 0 bridgehead atoms. The molecule has 27 heavy (non-hydrogen) atoms. The predicted molar refractivity (Wildman–Crippen MR) is 117 cm³/mol. The molecule has 0 amide bonds. The summed E-state index contributed by atoms with van der Waals surface area (Å²) in [5.74, 6) is 1.23. The van der Waals surface area contributed by atoms with Crippen LogP contribution in [-0.4, -0.2) is 55.2 Å². The van der Waals surface area contributed by atoms with Crippen LogP contribution in [0.2, 0.25) is 0 Å². The van der Waals surface area contributed by atoms with Gasteiger partial charge in [0.2, 0.25) is 5.88 Å². The number of nitrogens with one attached hydrogen (secondary N) is 1. The number of halogens is 1. The van der Waals surface area contributed by atoms with E-state index in [4.69, 9.17) is 9.47 Å². The van der Waals surface area contributed by atoms with Crippen molar-refractivity contribution in [2.75, 3.05) is 33.4 Å². The summed E-state index contributed by atoms with van der Waals surface area (Å²) in [6.45, 7) is 7.05. The van der Waals surface area contributed by atoms with E-state index in [2.05, 4.69) is 27.1 Å². The van der Waals surface area contributed by atoms with Crippen molar-refractivity contribution in [3.8, 4) is 5.88 Å². The Bertz CT molecular complexity index is 612. The molecule has 8 heteroatoms. The van der Waals surface area contributed by atoms with Gasteiger partial charge in [-0.1, -0.05) is 13.0 Å². The lowest BCUT2D eigenvalue weighted by atomic mass is 9.98. The first kappa shape index (κ1) is 23.5. The Kier molecular flexibility index (Phi) is 11.1. The van der Waals surface area contributed by atoms with E-state index in [9.17, 15) is 4.79 Å². The van der Waals surface area contributed by atoms with Crippen molar-refractivity contribution >= 4 is 35.9 Å². The third-order valence-electron chi connectivity index (χ3n) is 4.28. The summed E-state index contributed by atoms with van der Waals surface area (Å²) in [6, 6.07) is 3.89. The van der Waals surface area contributed by atoms with E-state index in [1.54, 1.807) is 13.2 Å². The zero-order valence-electron chi connectivity index (χ0n) is 16.4. The van der Waals surface area contributed by atoms with Gasteiger partial charge < -0.3 is 19.7 Å². The number of piperidine rings is 1. The second-order valence-electron chi connectivity index (χ2n) is 6.25. The van der Waals surface area contributed by atoms with Crippen LogP contribution in [0.3, 0.4) is 0 Å². The molecule has 1 fully saturated rings. The predicted octanol–water partition coefficient (Wildman–Crippen LogP) is 2.84. The average molecular weight is 490 g/mol. The van der Waals surface area contributed by atoms with Crippen LogP contribution < -0.4 is 10.1 Å². The highest BCUT2D eigenvalue weighted by atomic mass is 127. The molecule has 0 spiro atoms. The fourth-order valence-corrected chi connectivity index (χ4v) is 3.02. The van der Waals surface area contributed by atoms with Gasteiger partial charge in [0, 0.05) is 38.4 Å². The summed E-state index contributed by atoms with van der Waals surface area (Å²) in [5, 5.41) is 3.37. The molecule has 0 aliphatic carbocycles. The number of aromatic nitrogens is 1. The van der Waals surface area contributed by atoms with Gasteiger partial charge in [-0.2, -0.15) is 0 Å². The highest BCUT2D eigenvalue weighted by Gasteiger charge is 2.28. The van der Waals surface area contributed by atoms with Crippen molar-refractivity contribution in [1.29, 1.82) is 0 Å². The van der Waals surface area contributed by atoms with E-state index in [0.717, 1.165) is 37.3 Å². The molecule has 0 radical (unpaired) electrons. The summed E-state index contributed by atoms with van der Waals surface area (Å²) >= 11 is 0. The Morgan fingerprint density at radius 1 is 1.44 bits per heavy atom. The number of hydrogen-bond acceptors (Lipinski definition) is 5. The van der Waals surface area contributed by atoms with Crippen LogP contribution in [-0.2, 0) is 16.1 Å². The van der Waals surface area contributed by atoms with Gasteiger partial charge in [0.05, 0.1) is 19.1 Å². The molecular formula is C19H31IN4O3. The number of aliphatic imine (C=N–C) groups is 1. The van der Waals surface area contributed by atoms with Crippen molar-refractivity contribution < 1.29 is 14.3 Å². The molecule has 0 saturated carbocycles. The van der Waals surface area contributed by atoms with E-state index in [-0.39, 0.29) is 35.9 Å². The minimum absolute atomic E-state index is 0. The Labute approximate surface area is 178 Å². The van der Waals surface area contributed by atoms with Crippen LogP contribution in [0.15, 0.2) is 23.3 Å². The molecule has 1 N–H and O–H groups in total. The Morgan fingerprint density at radius 3 is 2.96 bits per heavy atom. The van der Waals surface area contributed by atoms with Gasteiger partial charge in [0.25, 0.3) is 0 Å². The molecule has 1 saturated heterocycles. The van der Waals surface area contributed by atoms with Gasteiger partial charge in [-0.25, -0.2) is 4.98 Å². The maximum absolute atomic E-state index is 12.0. The van der Waals surface area contributed by atoms with Crippen molar-refractivity contribution in [2.24, 2.45) is 10.9 Å². The quantitative estimate of drug-likeness (QED) is 0.274. The number of likely N-dealkylation sites (tertiary alicyclic amines) is 1. The Balaban J connectivity index is 0.00000364. The Morgan fingerprint density at radius 2 is 2.26 bits per heavy atom. The lowest BCUT2D eigenvalue weighted by Crippen LogP contribution is -2.48. The number of carbonyl (C=O) groups is 1. The molecule has 1 atom stereocenters. The number of guanidine groups is 1. The maximum atomic E-state index is 12.0. The van der Waals surface area contributed by atoms with Gasteiger partial charge in [0.15, 0.2) is 5.96 Å². The van der Waals surface area contributed by atoms with Crippen LogP contribution in [0, 0.1) is 5.92 Å². The van der Waals surface area contributed by atoms with Crippen LogP contribution >= 0.6 is 24.0 Å². The van der Waals surface area contributed by atoms with E-state index in [0.29, 0.717) is 32.2 Å². The SMILES string of the molecule is CCCOc1ncccc1CNC(=NC)N1CCCC(C(=O)OCC)C1.I. The third-order valence-corrected chi connectivity index (χ3v) is 4.28. The molecular weight excluding hydrogens is 459 g/mol. The number of ether oxygens (including phenoxy) is 2. The van der Waals surface area contributed by atoms with Crippen LogP contribution in [0.4, 0.5) is 0 Å². The molecule has 2 heterocycles. The monoisotopic (exact) mass is 490 g/mol. The first-order chi connectivity index (χ1) is 12.7.